The molecule has 0 aliphatic heterocycles. The van der Waals surface area contributed by atoms with E-state index < -0.39 is 5.54 Å². The van der Waals surface area contributed by atoms with E-state index in [2.05, 4.69) is 20.3 Å². The summed E-state index contributed by atoms with van der Waals surface area (Å²) in [5, 5.41) is 20.7. The van der Waals surface area contributed by atoms with Gasteiger partial charge in [0.15, 0.2) is 0 Å². The normalized spacial score (nSPS) is 11.5. The van der Waals surface area contributed by atoms with E-state index in [4.69, 9.17) is 27.5 Å². The maximum absolute atomic E-state index is 9.03. The van der Waals surface area contributed by atoms with Gasteiger partial charge in [-0.3, -0.25) is 0 Å². The Hall–Kier alpha value is -1.18. The maximum Gasteiger partial charge on any atom is 0.229 e. The van der Waals surface area contributed by atoms with Crippen LogP contribution < -0.4 is 11.1 Å². The van der Waals surface area contributed by atoms with E-state index in [1.807, 2.05) is 0 Å². The molecule has 1 aromatic rings. The van der Waals surface area contributed by atoms with Crippen molar-refractivity contribution in [3.8, 4) is 0 Å². The average Bonchev–Trinajstić information content (AvgIpc) is 2.16. The Balaban J connectivity index is 2.88. The fraction of sp³-hybridized carbons (Fsp3) is 0.571. The van der Waals surface area contributed by atoms with Gasteiger partial charge in [0.05, 0.1) is 18.8 Å². The van der Waals surface area contributed by atoms with Crippen LogP contribution in [0.5, 0.6) is 0 Å². The van der Waals surface area contributed by atoms with Gasteiger partial charge in [-0.25, -0.2) is 0 Å². The summed E-state index contributed by atoms with van der Waals surface area (Å²) in [6, 6.07) is 0. The van der Waals surface area contributed by atoms with Crippen LogP contribution in [0.4, 0.5) is 11.9 Å². The van der Waals surface area contributed by atoms with Gasteiger partial charge in [-0.15, -0.1) is 0 Å². The van der Waals surface area contributed by atoms with E-state index >= 15 is 0 Å². The van der Waals surface area contributed by atoms with Crippen molar-refractivity contribution in [3.63, 3.8) is 0 Å². The van der Waals surface area contributed by atoms with Gasteiger partial charge in [-0.05, 0) is 18.5 Å². The summed E-state index contributed by atoms with van der Waals surface area (Å²) in [6.07, 6.45) is 0. The molecule has 84 valence electrons. The molecule has 15 heavy (non-hydrogen) atoms. The van der Waals surface area contributed by atoms with Crippen LogP contribution in [0.2, 0.25) is 5.28 Å². The number of nitrogens with one attached hydrogen (secondary N) is 1. The van der Waals surface area contributed by atoms with Crippen molar-refractivity contribution in [2.45, 2.75) is 12.5 Å². The number of aliphatic hydroxyl groups is 2. The number of nitrogen functional groups attached to an aromatic ring is 1. The van der Waals surface area contributed by atoms with Crippen LogP contribution in [-0.2, 0) is 0 Å². The minimum Gasteiger partial charge on any atom is -0.394 e. The molecule has 1 heterocycles. The molecule has 0 fully saturated rings. The van der Waals surface area contributed by atoms with Gasteiger partial charge in [0.2, 0.25) is 17.2 Å². The summed E-state index contributed by atoms with van der Waals surface area (Å²) in [5.74, 6) is 0.0776. The number of anilines is 2. The van der Waals surface area contributed by atoms with Crippen molar-refractivity contribution in [2.75, 3.05) is 24.3 Å². The van der Waals surface area contributed by atoms with Crippen molar-refractivity contribution in [2.24, 2.45) is 0 Å². The number of hydrogen-bond acceptors (Lipinski definition) is 7. The van der Waals surface area contributed by atoms with Gasteiger partial charge >= 0.3 is 0 Å². The lowest BCUT2D eigenvalue weighted by molar-refractivity contribution is 0.147. The molecule has 8 heteroatoms. The van der Waals surface area contributed by atoms with Crippen LogP contribution in [0.3, 0.4) is 0 Å². The number of hydrogen-bond donors (Lipinski definition) is 4. The van der Waals surface area contributed by atoms with Gasteiger partial charge in [0.25, 0.3) is 0 Å². The molecule has 0 amide bonds. The summed E-state index contributed by atoms with van der Waals surface area (Å²) < 4.78 is 0. The highest BCUT2D eigenvalue weighted by Gasteiger charge is 2.23. The minimum atomic E-state index is -0.933. The van der Waals surface area contributed by atoms with Crippen LogP contribution in [0, 0.1) is 0 Å². The molecule has 0 aliphatic rings. The van der Waals surface area contributed by atoms with Crippen LogP contribution in [0.1, 0.15) is 6.92 Å². The zero-order chi connectivity index (χ0) is 11.5. The summed E-state index contributed by atoms with van der Waals surface area (Å²) in [6.45, 7) is 1.03. The van der Waals surface area contributed by atoms with Gasteiger partial charge in [0.1, 0.15) is 0 Å². The lowest BCUT2D eigenvalue weighted by Gasteiger charge is -2.25. The quantitative estimate of drug-likeness (QED) is 0.541. The molecule has 5 N–H and O–H groups in total. The monoisotopic (exact) mass is 233 g/mol. The Morgan fingerprint density at radius 1 is 1.33 bits per heavy atom. The van der Waals surface area contributed by atoms with Crippen molar-refractivity contribution in [1.82, 2.24) is 15.0 Å². The number of aliphatic hydroxyl groups excluding tert-OH is 2. The molecule has 0 atom stereocenters. The van der Waals surface area contributed by atoms with Crippen molar-refractivity contribution >= 4 is 23.5 Å². The first kappa shape index (κ1) is 11.9. The second-order valence-electron chi connectivity index (χ2n) is 3.29. The average molecular weight is 234 g/mol. The van der Waals surface area contributed by atoms with Gasteiger partial charge in [-0.1, -0.05) is 0 Å². The number of nitrogens with two attached hydrogens (primary N) is 1. The number of aromatic nitrogens is 3. The second kappa shape index (κ2) is 4.56. The smallest absolute Gasteiger partial charge is 0.229 e. The first-order chi connectivity index (χ1) is 6.99. The fourth-order valence-electron chi connectivity index (χ4n) is 0.820. The molecular formula is C7H12ClN5O2. The largest absolute Gasteiger partial charge is 0.394 e. The van der Waals surface area contributed by atoms with E-state index in [-0.39, 0.29) is 30.4 Å². The molecule has 0 aromatic carbocycles. The first-order valence-corrected chi connectivity index (χ1v) is 4.54. The SMILES string of the molecule is CC(CO)(CO)Nc1nc(N)nc(Cl)n1. The predicted molar refractivity (Wildman–Crippen MR) is 55.4 cm³/mol. The summed E-state index contributed by atoms with van der Waals surface area (Å²) in [7, 11) is 0. The molecule has 0 spiro atoms. The summed E-state index contributed by atoms with van der Waals surface area (Å²) in [4.78, 5) is 11.1. The van der Waals surface area contributed by atoms with E-state index in [0.717, 1.165) is 0 Å². The molecular weight excluding hydrogens is 222 g/mol. The topological polar surface area (TPSA) is 117 Å². The lowest BCUT2D eigenvalue weighted by atomic mass is 10.1. The maximum atomic E-state index is 9.03. The zero-order valence-corrected chi connectivity index (χ0v) is 8.86. The Morgan fingerprint density at radius 3 is 2.40 bits per heavy atom. The highest BCUT2D eigenvalue weighted by Crippen LogP contribution is 2.12. The third kappa shape index (κ3) is 3.15. The van der Waals surface area contributed by atoms with E-state index in [9.17, 15) is 0 Å². The molecule has 0 saturated carbocycles. The van der Waals surface area contributed by atoms with Crippen molar-refractivity contribution in [1.29, 1.82) is 0 Å². The number of nitrogens with zero attached hydrogens (tertiary/aromatic N) is 3. The standard InChI is InChI=1S/C7H12ClN5O2/c1-7(2-14,3-15)13-6-11-4(8)10-5(9)12-6/h14-15H,2-3H2,1H3,(H3,9,10,11,12,13). The molecule has 7 nitrogen and oxygen atoms in total. The van der Waals surface area contributed by atoms with Gasteiger partial charge in [0, 0.05) is 0 Å². The third-order valence-electron chi connectivity index (χ3n) is 1.74. The van der Waals surface area contributed by atoms with E-state index in [0.29, 0.717) is 0 Å². The van der Waals surface area contributed by atoms with E-state index in [1.54, 1.807) is 6.92 Å². The second-order valence-corrected chi connectivity index (χ2v) is 3.63. The van der Waals surface area contributed by atoms with Crippen molar-refractivity contribution < 1.29 is 10.2 Å². The van der Waals surface area contributed by atoms with Crippen molar-refractivity contribution in [3.05, 3.63) is 5.28 Å². The minimum absolute atomic E-state index is 0.0317. The number of rotatable bonds is 4. The van der Waals surface area contributed by atoms with Gasteiger partial charge in [-0.2, -0.15) is 15.0 Å². The van der Waals surface area contributed by atoms with E-state index in [1.165, 1.54) is 0 Å². The molecule has 0 bridgehead atoms. The Bertz CT molecular complexity index is 324. The van der Waals surface area contributed by atoms with Crippen LogP contribution in [-0.4, -0.2) is 43.9 Å². The third-order valence-corrected chi connectivity index (χ3v) is 1.91. The van der Waals surface area contributed by atoms with Crippen LogP contribution in [0.15, 0.2) is 0 Å². The molecule has 0 aliphatic carbocycles. The van der Waals surface area contributed by atoms with Gasteiger partial charge < -0.3 is 21.3 Å². The predicted octanol–water partition coefficient (Wildman–Crippen LogP) is -0.738. The molecule has 0 radical (unpaired) electrons. The van der Waals surface area contributed by atoms with Crippen LogP contribution >= 0.6 is 11.6 Å². The zero-order valence-electron chi connectivity index (χ0n) is 8.11. The van der Waals surface area contributed by atoms with Crippen LogP contribution in [0.25, 0.3) is 0 Å². The fourth-order valence-corrected chi connectivity index (χ4v) is 0.987. The summed E-state index contributed by atoms with van der Waals surface area (Å²) in [5.41, 5.74) is 4.42. The first-order valence-electron chi connectivity index (χ1n) is 4.16. The summed E-state index contributed by atoms with van der Waals surface area (Å²) >= 11 is 5.56. The Morgan fingerprint density at radius 2 is 1.93 bits per heavy atom. The number of halogens is 1. The molecule has 0 unspecified atom stereocenters. The Kier molecular flexibility index (Phi) is 3.61. The lowest BCUT2D eigenvalue weighted by Crippen LogP contribution is -2.43. The highest BCUT2D eigenvalue weighted by molar-refractivity contribution is 6.28. The molecule has 1 aromatic heterocycles. The Labute approximate surface area is 91.3 Å². The highest BCUT2D eigenvalue weighted by atomic mass is 35.5. The molecule has 1 rings (SSSR count). The molecule has 0 saturated heterocycles.